The monoisotopic (exact) mass is 377 g/mol. The highest BCUT2D eigenvalue weighted by atomic mass is 16.2. The predicted octanol–water partition coefficient (Wildman–Crippen LogP) is 3.66. The zero-order chi connectivity index (χ0) is 19.8. The smallest absolute Gasteiger partial charge is 0.253 e. The molecule has 6 heteroatoms. The highest BCUT2D eigenvalue weighted by Crippen LogP contribution is 2.22. The molecule has 146 valence electrons. The maximum absolute atomic E-state index is 12.9. The Morgan fingerprint density at radius 1 is 1.18 bits per heavy atom. The third-order valence-electron chi connectivity index (χ3n) is 5.78. The number of rotatable bonds is 3. The van der Waals surface area contributed by atoms with E-state index in [1.165, 1.54) is 12.0 Å². The molecular formula is C22H27N5O. The Bertz CT molecular complexity index is 1040. The molecule has 1 aliphatic heterocycles. The lowest BCUT2D eigenvalue weighted by atomic mass is 10.0. The zero-order valence-corrected chi connectivity index (χ0v) is 17.1. The third-order valence-corrected chi connectivity index (χ3v) is 5.78. The van der Waals surface area contributed by atoms with Crippen LogP contribution in [0.2, 0.25) is 0 Å². The van der Waals surface area contributed by atoms with Crippen molar-refractivity contribution in [2.24, 2.45) is 0 Å². The number of nitrogens with zero attached hydrogens (tertiary/aromatic N) is 5. The van der Waals surface area contributed by atoms with Gasteiger partial charge in [-0.15, -0.1) is 5.10 Å². The van der Waals surface area contributed by atoms with E-state index in [4.69, 9.17) is 0 Å². The zero-order valence-electron chi connectivity index (χ0n) is 17.1. The van der Waals surface area contributed by atoms with Crippen LogP contribution in [0, 0.1) is 20.8 Å². The van der Waals surface area contributed by atoms with Crippen molar-refractivity contribution < 1.29 is 4.79 Å². The van der Waals surface area contributed by atoms with Gasteiger partial charge in [-0.1, -0.05) is 23.8 Å². The van der Waals surface area contributed by atoms with Crippen LogP contribution in [0.3, 0.4) is 0 Å². The molecule has 1 amide bonds. The Morgan fingerprint density at radius 3 is 2.75 bits per heavy atom. The molecule has 1 fully saturated rings. The van der Waals surface area contributed by atoms with Gasteiger partial charge in [-0.25, -0.2) is 9.50 Å². The molecule has 1 aliphatic rings. The van der Waals surface area contributed by atoms with Crippen molar-refractivity contribution in [3.05, 3.63) is 46.8 Å². The number of likely N-dealkylation sites (tertiary alicyclic amines) is 1. The summed E-state index contributed by atoms with van der Waals surface area (Å²) in [4.78, 5) is 24.2. The van der Waals surface area contributed by atoms with Gasteiger partial charge in [0, 0.05) is 35.1 Å². The van der Waals surface area contributed by atoms with E-state index in [1.54, 1.807) is 4.52 Å². The largest absolute Gasteiger partial charge is 0.340 e. The molecule has 1 aromatic carbocycles. The lowest BCUT2D eigenvalue weighted by Gasteiger charge is -2.33. The van der Waals surface area contributed by atoms with Crippen LogP contribution in [0.25, 0.3) is 17.2 Å². The first-order chi connectivity index (χ1) is 13.4. The van der Waals surface area contributed by atoms with Gasteiger partial charge in [0.05, 0.1) is 6.42 Å². The normalized spacial score (nSPS) is 17.3. The van der Waals surface area contributed by atoms with Gasteiger partial charge in [0.1, 0.15) is 0 Å². The van der Waals surface area contributed by atoms with E-state index in [0.29, 0.717) is 24.1 Å². The number of benzene rings is 1. The summed E-state index contributed by atoms with van der Waals surface area (Å²) in [6.45, 7) is 9.01. The van der Waals surface area contributed by atoms with Gasteiger partial charge in [0.25, 0.3) is 5.78 Å². The Kier molecular flexibility index (Phi) is 4.87. The molecule has 0 saturated carbocycles. The van der Waals surface area contributed by atoms with Crippen molar-refractivity contribution in [2.45, 2.75) is 59.4 Å². The van der Waals surface area contributed by atoms with Crippen LogP contribution in [0.15, 0.2) is 24.3 Å². The van der Waals surface area contributed by atoms with Gasteiger partial charge in [0.15, 0.2) is 5.82 Å². The summed E-state index contributed by atoms with van der Waals surface area (Å²) in [5, 5.41) is 4.68. The predicted molar refractivity (Wildman–Crippen MR) is 109 cm³/mol. The average Bonchev–Trinajstić information content (AvgIpc) is 3.09. The molecule has 3 aromatic rings. The van der Waals surface area contributed by atoms with E-state index in [2.05, 4.69) is 41.0 Å². The molecule has 6 nitrogen and oxygen atoms in total. The minimum atomic E-state index is 0.179. The second kappa shape index (κ2) is 7.34. The summed E-state index contributed by atoms with van der Waals surface area (Å²) in [6.07, 6.45) is 3.75. The van der Waals surface area contributed by atoms with Crippen molar-refractivity contribution in [3.63, 3.8) is 0 Å². The molecule has 0 spiro atoms. The van der Waals surface area contributed by atoms with Crippen molar-refractivity contribution in [1.82, 2.24) is 24.5 Å². The van der Waals surface area contributed by atoms with E-state index in [0.717, 1.165) is 41.9 Å². The lowest BCUT2D eigenvalue weighted by molar-refractivity contribution is -0.133. The number of fused-ring (bicyclic) bond motifs is 1. The molecule has 0 bridgehead atoms. The fourth-order valence-electron chi connectivity index (χ4n) is 4.09. The first-order valence-corrected chi connectivity index (χ1v) is 10.0. The van der Waals surface area contributed by atoms with Gasteiger partial charge >= 0.3 is 0 Å². The molecule has 1 unspecified atom stereocenters. The quantitative estimate of drug-likeness (QED) is 0.699. The molecule has 1 atom stereocenters. The van der Waals surface area contributed by atoms with Crippen LogP contribution in [-0.4, -0.2) is 43.0 Å². The second-order valence-electron chi connectivity index (χ2n) is 7.89. The Morgan fingerprint density at radius 2 is 2.00 bits per heavy atom. The van der Waals surface area contributed by atoms with Crippen LogP contribution in [-0.2, 0) is 11.2 Å². The molecule has 4 rings (SSSR count). The van der Waals surface area contributed by atoms with Crippen LogP contribution >= 0.6 is 0 Å². The molecule has 1 saturated heterocycles. The van der Waals surface area contributed by atoms with Crippen molar-refractivity contribution in [2.75, 3.05) is 6.54 Å². The SMILES string of the molecule is Cc1cccc(-c2nc3nc(C)c(CC(=O)N4CCCCC4C)c(C)n3n2)c1. The molecule has 3 heterocycles. The topological polar surface area (TPSA) is 63.4 Å². The molecule has 28 heavy (non-hydrogen) atoms. The fraction of sp³-hybridized carbons (Fsp3) is 0.455. The number of carbonyl (C=O) groups excluding carboxylic acids is 1. The van der Waals surface area contributed by atoms with Crippen LogP contribution in [0.4, 0.5) is 0 Å². The summed E-state index contributed by atoms with van der Waals surface area (Å²) < 4.78 is 1.77. The van der Waals surface area contributed by atoms with E-state index in [9.17, 15) is 4.79 Å². The summed E-state index contributed by atoms with van der Waals surface area (Å²) >= 11 is 0. The second-order valence-corrected chi connectivity index (χ2v) is 7.89. The molecule has 0 radical (unpaired) electrons. The molecular weight excluding hydrogens is 350 g/mol. The van der Waals surface area contributed by atoms with Crippen molar-refractivity contribution >= 4 is 11.7 Å². The standard InChI is InChI=1S/C22H27N5O/c1-14-8-7-10-18(12-14)21-24-22-23-16(3)19(17(4)27(22)25-21)13-20(28)26-11-6-5-9-15(26)2/h7-8,10,12,15H,5-6,9,11,13H2,1-4H3. The molecule has 2 aromatic heterocycles. The fourth-order valence-corrected chi connectivity index (χ4v) is 4.09. The van der Waals surface area contributed by atoms with Gasteiger partial charge in [-0.05, 0) is 53.0 Å². The average molecular weight is 377 g/mol. The van der Waals surface area contributed by atoms with Gasteiger partial charge in [-0.3, -0.25) is 4.79 Å². The van der Waals surface area contributed by atoms with Crippen LogP contribution < -0.4 is 0 Å². The first kappa shape index (κ1) is 18.6. The highest BCUT2D eigenvalue weighted by molar-refractivity contribution is 5.79. The molecule has 0 N–H and O–H groups in total. The summed E-state index contributed by atoms with van der Waals surface area (Å²) in [5.41, 5.74) is 4.88. The van der Waals surface area contributed by atoms with E-state index >= 15 is 0 Å². The van der Waals surface area contributed by atoms with Crippen molar-refractivity contribution in [3.8, 4) is 11.4 Å². The van der Waals surface area contributed by atoms with Crippen molar-refractivity contribution in [1.29, 1.82) is 0 Å². The number of carbonyl (C=O) groups is 1. The Hall–Kier alpha value is -2.76. The number of hydrogen-bond acceptors (Lipinski definition) is 4. The van der Waals surface area contributed by atoms with Gasteiger partial charge < -0.3 is 4.90 Å². The third kappa shape index (κ3) is 3.39. The number of piperidine rings is 1. The van der Waals surface area contributed by atoms with E-state index in [-0.39, 0.29) is 5.91 Å². The Labute approximate surface area is 165 Å². The summed E-state index contributed by atoms with van der Waals surface area (Å²) in [5.74, 6) is 1.42. The van der Waals surface area contributed by atoms with Crippen LogP contribution in [0.5, 0.6) is 0 Å². The maximum atomic E-state index is 12.9. The Balaban J connectivity index is 1.68. The van der Waals surface area contributed by atoms with Crippen LogP contribution in [0.1, 0.15) is 48.7 Å². The molecule has 0 aliphatic carbocycles. The lowest BCUT2D eigenvalue weighted by Crippen LogP contribution is -2.43. The summed E-state index contributed by atoms with van der Waals surface area (Å²) in [7, 11) is 0. The number of hydrogen-bond donors (Lipinski definition) is 0. The first-order valence-electron chi connectivity index (χ1n) is 10.0. The maximum Gasteiger partial charge on any atom is 0.253 e. The van der Waals surface area contributed by atoms with Gasteiger partial charge in [-0.2, -0.15) is 4.98 Å². The summed E-state index contributed by atoms with van der Waals surface area (Å²) in [6, 6.07) is 8.45. The number of aromatic nitrogens is 4. The van der Waals surface area contributed by atoms with E-state index in [1.807, 2.05) is 30.9 Å². The van der Waals surface area contributed by atoms with Gasteiger partial charge in [0.2, 0.25) is 5.91 Å². The minimum absolute atomic E-state index is 0.179. The number of amides is 1. The van der Waals surface area contributed by atoms with E-state index < -0.39 is 0 Å². The highest BCUT2D eigenvalue weighted by Gasteiger charge is 2.25. The number of aryl methyl sites for hydroxylation is 3. The minimum Gasteiger partial charge on any atom is -0.340 e.